The highest BCUT2D eigenvalue weighted by atomic mass is 19.1. The minimum atomic E-state index is -1.37. The second-order valence-electron chi connectivity index (χ2n) is 8.33. The van der Waals surface area contributed by atoms with Crippen molar-refractivity contribution in [2.45, 2.75) is 32.4 Å². The van der Waals surface area contributed by atoms with E-state index in [9.17, 15) is 18.8 Å². The Balaban J connectivity index is 1.95. The SMILES string of the molecule is CCN(C)C(=O)[C@@]1(C)Cn2c(=O)c(C(=O)NC)cc3ncc(Cc4ccc(F)cc4)c(c32)O1. The number of carbonyl (C=O) groups is 2. The van der Waals surface area contributed by atoms with Crippen LogP contribution < -0.4 is 15.6 Å². The molecule has 4 rings (SSSR count). The van der Waals surface area contributed by atoms with Gasteiger partial charge in [-0.3, -0.25) is 23.9 Å². The molecule has 0 unspecified atom stereocenters. The van der Waals surface area contributed by atoms with Gasteiger partial charge in [0, 0.05) is 38.8 Å². The van der Waals surface area contributed by atoms with Crippen LogP contribution in [0.15, 0.2) is 41.3 Å². The van der Waals surface area contributed by atoms with E-state index in [1.807, 2.05) is 6.92 Å². The molecule has 1 aromatic carbocycles. The van der Waals surface area contributed by atoms with Crippen molar-refractivity contribution >= 4 is 22.8 Å². The van der Waals surface area contributed by atoms with Crippen molar-refractivity contribution in [3.8, 4) is 5.75 Å². The van der Waals surface area contributed by atoms with Gasteiger partial charge in [-0.2, -0.15) is 0 Å². The Morgan fingerprint density at radius 3 is 2.64 bits per heavy atom. The van der Waals surface area contributed by atoms with Crippen molar-refractivity contribution in [1.82, 2.24) is 19.8 Å². The Morgan fingerprint density at radius 1 is 1.30 bits per heavy atom. The van der Waals surface area contributed by atoms with E-state index in [0.29, 0.717) is 35.3 Å². The Hall–Kier alpha value is -3.75. The maximum atomic E-state index is 13.4. The number of amides is 2. The lowest BCUT2D eigenvalue weighted by atomic mass is 9.98. The maximum absolute atomic E-state index is 13.4. The quantitative estimate of drug-likeness (QED) is 0.640. The zero-order valence-electron chi connectivity index (χ0n) is 18.9. The Labute approximate surface area is 190 Å². The molecule has 9 heteroatoms. The highest BCUT2D eigenvalue weighted by molar-refractivity contribution is 5.98. The van der Waals surface area contributed by atoms with E-state index in [2.05, 4.69) is 10.3 Å². The van der Waals surface area contributed by atoms with E-state index < -0.39 is 17.1 Å². The Bertz CT molecular complexity index is 1320. The molecule has 8 nitrogen and oxygen atoms in total. The van der Waals surface area contributed by atoms with Crippen LogP contribution in [-0.4, -0.2) is 52.5 Å². The molecule has 33 heavy (non-hydrogen) atoms. The van der Waals surface area contributed by atoms with Gasteiger partial charge >= 0.3 is 0 Å². The first-order valence-corrected chi connectivity index (χ1v) is 10.6. The highest BCUT2D eigenvalue weighted by Gasteiger charge is 2.43. The largest absolute Gasteiger partial charge is 0.473 e. The Kier molecular flexibility index (Phi) is 5.65. The number of pyridine rings is 2. The third-order valence-corrected chi connectivity index (χ3v) is 5.98. The summed E-state index contributed by atoms with van der Waals surface area (Å²) in [6, 6.07) is 7.49. The van der Waals surface area contributed by atoms with Crippen molar-refractivity contribution in [3.05, 3.63) is 69.4 Å². The fraction of sp³-hybridized carbons (Fsp3) is 0.333. The number of halogens is 1. The number of rotatable bonds is 5. The molecule has 0 saturated heterocycles. The normalized spacial score (nSPS) is 16.9. The van der Waals surface area contributed by atoms with E-state index in [4.69, 9.17) is 4.74 Å². The molecule has 0 saturated carbocycles. The molecule has 3 aromatic rings. The summed E-state index contributed by atoms with van der Waals surface area (Å²) in [7, 11) is 3.11. The van der Waals surface area contributed by atoms with Crippen molar-refractivity contribution < 1.29 is 18.7 Å². The summed E-state index contributed by atoms with van der Waals surface area (Å²) in [5.74, 6) is -0.805. The molecule has 1 atom stereocenters. The zero-order valence-corrected chi connectivity index (χ0v) is 18.9. The molecule has 1 aliphatic rings. The topological polar surface area (TPSA) is 93.5 Å². The van der Waals surface area contributed by atoms with Gasteiger partial charge in [-0.25, -0.2) is 4.39 Å². The van der Waals surface area contributed by atoms with E-state index in [-0.39, 0.29) is 23.8 Å². The van der Waals surface area contributed by atoms with Crippen LogP contribution in [0.1, 0.15) is 35.3 Å². The van der Waals surface area contributed by atoms with Crippen LogP contribution in [0, 0.1) is 5.82 Å². The lowest BCUT2D eigenvalue weighted by Crippen LogP contribution is -2.55. The second kappa shape index (κ2) is 8.31. The number of benzene rings is 1. The highest BCUT2D eigenvalue weighted by Crippen LogP contribution is 2.37. The van der Waals surface area contributed by atoms with Crippen molar-refractivity contribution in [2.75, 3.05) is 20.6 Å². The molecule has 0 bridgehead atoms. The monoisotopic (exact) mass is 452 g/mol. The molecule has 0 spiro atoms. The van der Waals surface area contributed by atoms with Crippen LogP contribution in [0.3, 0.4) is 0 Å². The minimum Gasteiger partial charge on any atom is -0.473 e. The smallest absolute Gasteiger partial charge is 0.268 e. The van der Waals surface area contributed by atoms with Gasteiger partial charge < -0.3 is 15.0 Å². The summed E-state index contributed by atoms with van der Waals surface area (Å²) in [6.45, 7) is 3.88. The number of nitrogens with one attached hydrogen (secondary N) is 1. The Morgan fingerprint density at radius 2 is 2.00 bits per heavy atom. The third-order valence-electron chi connectivity index (χ3n) is 5.98. The average molecular weight is 452 g/mol. The number of nitrogens with zero attached hydrogens (tertiary/aromatic N) is 3. The maximum Gasteiger partial charge on any atom is 0.268 e. The van der Waals surface area contributed by atoms with Gasteiger partial charge in [-0.05, 0) is 37.6 Å². The standard InChI is InChI=1S/C24H25FN4O4/c1-5-28(4)23(32)24(2)13-29-19-18(11-17(22(29)31)21(30)26-3)27-12-15(20(19)33-24)10-14-6-8-16(25)9-7-14/h6-9,11-12H,5,10,13H2,1-4H3,(H,26,30)/t24-/m1/s1. The zero-order chi connectivity index (χ0) is 23.9. The molecule has 0 fully saturated rings. The molecule has 2 amide bonds. The number of hydrogen-bond donors (Lipinski definition) is 1. The number of likely N-dealkylation sites (N-methyl/N-ethyl adjacent to an activating group) is 1. The summed E-state index contributed by atoms with van der Waals surface area (Å²) < 4.78 is 21.1. The molecule has 0 radical (unpaired) electrons. The lowest BCUT2D eigenvalue weighted by molar-refractivity contribution is -0.147. The first-order chi connectivity index (χ1) is 15.7. The molecular weight excluding hydrogens is 427 g/mol. The summed E-state index contributed by atoms with van der Waals surface area (Å²) in [4.78, 5) is 44.9. The van der Waals surface area contributed by atoms with Crippen LogP contribution in [0.2, 0.25) is 0 Å². The second-order valence-corrected chi connectivity index (χ2v) is 8.33. The van der Waals surface area contributed by atoms with Gasteiger partial charge in [0.05, 0.1) is 12.1 Å². The van der Waals surface area contributed by atoms with Crippen molar-refractivity contribution in [2.24, 2.45) is 0 Å². The fourth-order valence-corrected chi connectivity index (χ4v) is 4.08. The summed E-state index contributed by atoms with van der Waals surface area (Å²) >= 11 is 0. The van der Waals surface area contributed by atoms with E-state index in [0.717, 1.165) is 5.56 Å². The molecule has 1 aliphatic heterocycles. The van der Waals surface area contributed by atoms with Crippen LogP contribution in [-0.2, 0) is 17.8 Å². The summed E-state index contributed by atoms with van der Waals surface area (Å²) in [5, 5.41) is 2.47. The van der Waals surface area contributed by atoms with Crippen molar-refractivity contribution in [3.63, 3.8) is 0 Å². The number of aromatic nitrogens is 2. The van der Waals surface area contributed by atoms with Crippen LogP contribution in [0.25, 0.3) is 11.0 Å². The average Bonchev–Trinajstić information content (AvgIpc) is 2.82. The number of hydrogen-bond acceptors (Lipinski definition) is 5. The lowest BCUT2D eigenvalue weighted by Gasteiger charge is -2.38. The van der Waals surface area contributed by atoms with Gasteiger partial charge in [0.15, 0.2) is 5.75 Å². The molecule has 172 valence electrons. The first-order valence-electron chi connectivity index (χ1n) is 10.6. The first kappa shape index (κ1) is 22.4. The van der Waals surface area contributed by atoms with E-state index in [1.54, 1.807) is 32.3 Å². The third kappa shape index (κ3) is 3.83. The summed E-state index contributed by atoms with van der Waals surface area (Å²) in [6.07, 6.45) is 1.96. The molecule has 1 N–H and O–H groups in total. The number of carbonyl (C=O) groups excluding carboxylic acids is 2. The predicted octanol–water partition coefficient (Wildman–Crippen LogP) is 2.12. The number of ether oxygens (including phenoxy) is 1. The van der Waals surface area contributed by atoms with Gasteiger partial charge in [-0.1, -0.05) is 12.1 Å². The molecular formula is C24H25FN4O4. The van der Waals surface area contributed by atoms with Gasteiger partial charge in [0.2, 0.25) is 5.60 Å². The van der Waals surface area contributed by atoms with E-state index in [1.165, 1.54) is 34.7 Å². The van der Waals surface area contributed by atoms with Crippen LogP contribution >= 0.6 is 0 Å². The van der Waals surface area contributed by atoms with Crippen molar-refractivity contribution in [1.29, 1.82) is 0 Å². The van der Waals surface area contributed by atoms with Crippen LogP contribution in [0.4, 0.5) is 4.39 Å². The molecule has 3 heterocycles. The minimum absolute atomic E-state index is 0.0599. The van der Waals surface area contributed by atoms with Crippen LogP contribution in [0.5, 0.6) is 5.75 Å². The molecule has 2 aromatic heterocycles. The van der Waals surface area contributed by atoms with Gasteiger partial charge in [-0.15, -0.1) is 0 Å². The summed E-state index contributed by atoms with van der Waals surface area (Å²) in [5.41, 5.74) is 0.349. The predicted molar refractivity (Wildman–Crippen MR) is 121 cm³/mol. The van der Waals surface area contributed by atoms with E-state index >= 15 is 0 Å². The van der Waals surface area contributed by atoms with Gasteiger partial charge in [0.1, 0.15) is 16.9 Å². The van der Waals surface area contributed by atoms with Gasteiger partial charge in [0.25, 0.3) is 17.4 Å². The fourth-order valence-electron chi connectivity index (χ4n) is 4.08. The molecule has 0 aliphatic carbocycles.